The average molecular weight is 467 g/mol. The summed E-state index contributed by atoms with van der Waals surface area (Å²) in [7, 11) is 0. The third-order valence-electron chi connectivity index (χ3n) is 4.80. The summed E-state index contributed by atoms with van der Waals surface area (Å²) in [6, 6.07) is 21.3. The van der Waals surface area contributed by atoms with E-state index in [1.165, 1.54) is 23.9 Å². The van der Waals surface area contributed by atoms with E-state index in [-0.39, 0.29) is 18.3 Å². The van der Waals surface area contributed by atoms with Crippen molar-refractivity contribution in [1.82, 2.24) is 20.1 Å². The first-order chi connectivity index (χ1) is 15.5. The van der Waals surface area contributed by atoms with Gasteiger partial charge in [0.15, 0.2) is 11.0 Å². The Bertz CT molecular complexity index is 1230. The number of carbonyl (C=O) groups is 1. The summed E-state index contributed by atoms with van der Waals surface area (Å²) in [5, 5.41) is 12.6. The number of nitrogens with one attached hydrogen (secondary N) is 1. The minimum absolute atomic E-state index is 0.183. The molecule has 32 heavy (non-hydrogen) atoms. The minimum atomic E-state index is -0.283. The van der Waals surface area contributed by atoms with Gasteiger partial charge in [0, 0.05) is 11.4 Å². The topological polar surface area (TPSA) is 59.8 Å². The predicted molar refractivity (Wildman–Crippen MR) is 125 cm³/mol. The molecule has 162 valence electrons. The molecule has 0 bridgehead atoms. The van der Waals surface area contributed by atoms with Gasteiger partial charge >= 0.3 is 0 Å². The van der Waals surface area contributed by atoms with Crippen LogP contribution in [0.2, 0.25) is 5.02 Å². The normalized spacial score (nSPS) is 10.8. The van der Waals surface area contributed by atoms with Crippen LogP contribution in [0.15, 0.2) is 78.0 Å². The van der Waals surface area contributed by atoms with Crippen molar-refractivity contribution in [3.05, 3.63) is 106 Å². The number of hydrogen-bond acceptors (Lipinski definition) is 4. The first-order valence-corrected chi connectivity index (χ1v) is 11.3. The van der Waals surface area contributed by atoms with E-state index < -0.39 is 0 Å². The number of hydrogen-bond donors (Lipinski definition) is 1. The lowest BCUT2D eigenvalue weighted by Crippen LogP contribution is -2.25. The Labute approximate surface area is 194 Å². The molecule has 0 fully saturated rings. The van der Waals surface area contributed by atoms with E-state index in [1.807, 2.05) is 35.8 Å². The van der Waals surface area contributed by atoms with Gasteiger partial charge in [-0.1, -0.05) is 65.3 Å². The van der Waals surface area contributed by atoms with Gasteiger partial charge in [-0.25, -0.2) is 4.39 Å². The Morgan fingerprint density at radius 1 is 1.03 bits per heavy atom. The average Bonchev–Trinajstić information content (AvgIpc) is 3.21. The van der Waals surface area contributed by atoms with Gasteiger partial charge < -0.3 is 5.32 Å². The summed E-state index contributed by atoms with van der Waals surface area (Å²) >= 11 is 7.63. The van der Waals surface area contributed by atoms with E-state index in [9.17, 15) is 9.18 Å². The number of amides is 1. The van der Waals surface area contributed by atoms with Crippen molar-refractivity contribution in [3.8, 4) is 5.69 Å². The predicted octanol–water partition coefficient (Wildman–Crippen LogP) is 5.59. The van der Waals surface area contributed by atoms with E-state index in [1.54, 1.807) is 36.4 Å². The minimum Gasteiger partial charge on any atom is -0.345 e. The zero-order chi connectivity index (χ0) is 22.5. The van der Waals surface area contributed by atoms with Crippen molar-refractivity contribution in [3.63, 3.8) is 0 Å². The van der Waals surface area contributed by atoms with Gasteiger partial charge in [0.2, 0.25) is 0 Å². The van der Waals surface area contributed by atoms with Crippen LogP contribution in [0.4, 0.5) is 4.39 Å². The van der Waals surface area contributed by atoms with Crippen molar-refractivity contribution in [2.24, 2.45) is 0 Å². The highest BCUT2D eigenvalue weighted by Crippen LogP contribution is 2.26. The fourth-order valence-electron chi connectivity index (χ4n) is 3.09. The van der Waals surface area contributed by atoms with Gasteiger partial charge in [-0.05, 0) is 48.9 Å². The number of aromatic nitrogens is 3. The molecule has 0 aliphatic heterocycles. The first kappa shape index (κ1) is 22.0. The number of halogens is 2. The van der Waals surface area contributed by atoms with Gasteiger partial charge in [0.25, 0.3) is 5.91 Å². The van der Waals surface area contributed by atoms with Crippen molar-refractivity contribution in [1.29, 1.82) is 0 Å². The lowest BCUT2D eigenvalue weighted by atomic mass is 10.2. The Morgan fingerprint density at radius 3 is 2.47 bits per heavy atom. The second-order valence-electron chi connectivity index (χ2n) is 7.15. The molecule has 1 aromatic heterocycles. The number of thioether (sulfide) groups is 1. The molecular weight excluding hydrogens is 447 g/mol. The quantitative estimate of drug-likeness (QED) is 0.361. The molecule has 8 heteroatoms. The standard InChI is InChI=1S/C24H20ClFN4OS/c1-16-6-12-19(13-7-16)30-22(14-27-23(31)20-4-2-3-5-21(20)25)28-29-24(30)32-15-17-8-10-18(26)11-9-17/h2-13H,14-15H2,1H3,(H,27,31). The van der Waals surface area contributed by atoms with Crippen molar-refractivity contribution in [2.75, 3.05) is 0 Å². The van der Waals surface area contributed by atoms with E-state index in [4.69, 9.17) is 11.6 Å². The number of nitrogens with zero attached hydrogens (tertiary/aromatic N) is 3. The lowest BCUT2D eigenvalue weighted by molar-refractivity contribution is 0.0950. The Balaban J connectivity index is 1.57. The molecule has 3 aromatic carbocycles. The smallest absolute Gasteiger partial charge is 0.253 e. The van der Waals surface area contributed by atoms with Gasteiger partial charge in [-0.2, -0.15) is 0 Å². The zero-order valence-electron chi connectivity index (χ0n) is 17.3. The third-order valence-corrected chi connectivity index (χ3v) is 6.13. The zero-order valence-corrected chi connectivity index (χ0v) is 18.8. The number of aryl methyl sites for hydroxylation is 1. The Morgan fingerprint density at radius 2 is 1.75 bits per heavy atom. The van der Waals surface area contributed by atoms with Crippen LogP contribution in [0.5, 0.6) is 0 Å². The van der Waals surface area contributed by atoms with Crippen LogP contribution in [-0.2, 0) is 12.3 Å². The maximum Gasteiger partial charge on any atom is 0.253 e. The molecule has 0 radical (unpaired) electrons. The molecule has 0 unspecified atom stereocenters. The van der Waals surface area contributed by atoms with Crippen molar-refractivity contribution >= 4 is 29.3 Å². The van der Waals surface area contributed by atoms with Gasteiger partial charge in [-0.15, -0.1) is 10.2 Å². The summed E-state index contributed by atoms with van der Waals surface area (Å²) in [5.74, 6) is 0.652. The number of rotatable bonds is 7. The van der Waals surface area contributed by atoms with Crippen LogP contribution in [0.3, 0.4) is 0 Å². The van der Waals surface area contributed by atoms with E-state index in [0.717, 1.165) is 16.8 Å². The van der Waals surface area contributed by atoms with E-state index in [2.05, 4.69) is 15.5 Å². The second-order valence-corrected chi connectivity index (χ2v) is 8.50. The molecular formula is C24H20ClFN4OS. The molecule has 0 saturated carbocycles. The highest BCUT2D eigenvalue weighted by atomic mass is 35.5. The molecule has 0 saturated heterocycles. The molecule has 0 aliphatic carbocycles. The van der Waals surface area contributed by atoms with E-state index in [0.29, 0.717) is 27.3 Å². The molecule has 0 aliphatic rings. The first-order valence-electron chi connectivity index (χ1n) is 9.92. The number of benzene rings is 3. The van der Waals surface area contributed by atoms with Gasteiger partial charge in [0.05, 0.1) is 17.1 Å². The molecule has 0 atom stereocenters. The molecule has 1 amide bonds. The maximum atomic E-state index is 13.2. The highest BCUT2D eigenvalue weighted by Gasteiger charge is 2.17. The van der Waals surface area contributed by atoms with Crippen LogP contribution in [0.1, 0.15) is 27.3 Å². The largest absolute Gasteiger partial charge is 0.345 e. The molecule has 0 spiro atoms. The highest BCUT2D eigenvalue weighted by molar-refractivity contribution is 7.98. The van der Waals surface area contributed by atoms with Crippen LogP contribution >= 0.6 is 23.4 Å². The lowest BCUT2D eigenvalue weighted by Gasteiger charge is -2.12. The van der Waals surface area contributed by atoms with Gasteiger partial charge in [0.1, 0.15) is 5.82 Å². The molecule has 1 heterocycles. The van der Waals surface area contributed by atoms with E-state index >= 15 is 0 Å². The van der Waals surface area contributed by atoms with Crippen LogP contribution in [0, 0.1) is 12.7 Å². The Kier molecular flexibility index (Phi) is 6.87. The Hall–Kier alpha value is -3.16. The van der Waals surface area contributed by atoms with Crippen molar-refractivity contribution < 1.29 is 9.18 Å². The summed E-state index contributed by atoms with van der Waals surface area (Å²) in [5.41, 5.74) is 3.41. The molecule has 5 nitrogen and oxygen atoms in total. The summed E-state index contributed by atoms with van der Waals surface area (Å²) in [6.07, 6.45) is 0. The summed E-state index contributed by atoms with van der Waals surface area (Å²) < 4.78 is 15.1. The fourth-order valence-corrected chi connectivity index (χ4v) is 4.24. The van der Waals surface area contributed by atoms with Crippen molar-refractivity contribution in [2.45, 2.75) is 24.4 Å². The third kappa shape index (κ3) is 5.18. The maximum absolute atomic E-state index is 13.2. The van der Waals surface area contributed by atoms with Crippen LogP contribution in [0.25, 0.3) is 5.69 Å². The summed E-state index contributed by atoms with van der Waals surface area (Å²) in [4.78, 5) is 12.6. The molecule has 4 aromatic rings. The second kappa shape index (κ2) is 9.97. The SMILES string of the molecule is Cc1ccc(-n2c(CNC(=O)c3ccccc3Cl)nnc2SCc2ccc(F)cc2)cc1. The van der Waals surface area contributed by atoms with Crippen LogP contribution < -0.4 is 5.32 Å². The molecule has 1 N–H and O–H groups in total. The number of carbonyl (C=O) groups excluding carboxylic acids is 1. The summed E-state index contributed by atoms with van der Waals surface area (Å²) in [6.45, 7) is 2.20. The van der Waals surface area contributed by atoms with Crippen LogP contribution in [-0.4, -0.2) is 20.7 Å². The fraction of sp³-hybridized carbons (Fsp3) is 0.125. The van der Waals surface area contributed by atoms with Gasteiger partial charge in [-0.3, -0.25) is 9.36 Å². The molecule has 4 rings (SSSR count). The monoisotopic (exact) mass is 466 g/mol.